The molecule has 0 aliphatic rings. The summed E-state index contributed by atoms with van der Waals surface area (Å²) in [5.74, 6) is 0.553. The van der Waals surface area contributed by atoms with Crippen LogP contribution >= 0.6 is 12.2 Å². The first kappa shape index (κ1) is 15.0. The minimum absolute atomic E-state index is 0.0180. The van der Waals surface area contributed by atoms with E-state index < -0.39 is 0 Å². The summed E-state index contributed by atoms with van der Waals surface area (Å²) >= 11 is 5.31. The normalized spacial score (nSPS) is 11.5. The van der Waals surface area contributed by atoms with E-state index in [4.69, 9.17) is 12.2 Å². The molecule has 2 nitrogen and oxygen atoms in total. The molecule has 0 atom stereocenters. The summed E-state index contributed by atoms with van der Waals surface area (Å²) in [6.45, 7) is 12.8. The van der Waals surface area contributed by atoms with E-state index in [0.717, 1.165) is 5.69 Å². The maximum absolute atomic E-state index is 5.31. The summed E-state index contributed by atoms with van der Waals surface area (Å²) in [4.78, 5) is 0. The fourth-order valence-corrected chi connectivity index (χ4v) is 2.10. The van der Waals surface area contributed by atoms with Gasteiger partial charge in [0, 0.05) is 11.2 Å². The first-order valence-corrected chi connectivity index (χ1v) is 6.79. The largest absolute Gasteiger partial charge is 0.358 e. The van der Waals surface area contributed by atoms with Gasteiger partial charge in [-0.05, 0) is 63.0 Å². The van der Waals surface area contributed by atoms with E-state index in [-0.39, 0.29) is 5.54 Å². The Morgan fingerprint density at radius 1 is 1.22 bits per heavy atom. The third kappa shape index (κ3) is 4.65. The Hall–Kier alpha value is -1.09. The zero-order chi connectivity index (χ0) is 13.9. The highest BCUT2D eigenvalue weighted by atomic mass is 32.1. The van der Waals surface area contributed by atoms with Crippen molar-refractivity contribution < 1.29 is 0 Å². The maximum atomic E-state index is 5.31. The molecule has 1 aromatic carbocycles. The second kappa shape index (κ2) is 5.70. The van der Waals surface area contributed by atoms with E-state index in [0.29, 0.717) is 11.0 Å². The highest BCUT2D eigenvalue weighted by Crippen LogP contribution is 2.21. The zero-order valence-electron chi connectivity index (χ0n) is 12.2. The van der Waals surface area contributed by atoms with Crippen molar-refractivity contribution in [3.63, 3.8) is 0 Å². The van der Waals surface area contributed by atoms with Gasteiger partial charge >= 0.3 is 0 Å². The molecule has 0 unspecified atom stereocenters. The van der Waals surface area contributed by atoms with Gasteiger partial charge in [0.1, 0.15) is 0 Å². The number of hydrogen-bond donors (Lipinski definition) is 2. The molecule has 0 aromatic heterocycles. The Bertz CT molecular complexity index is 431. The lowest BCUT2D eigenvalue weighted by Gasteiger charge is -2.23. The average Bonchev–Trinajstić information content (AvgIpc) is 2.17. The summed E-state index contributed by atoms with van der Waals surface area (Å²) in [7, 11) is 0. The molecule has 0 amide bonds. The summed E-state index contributed by atoms with van der Waals surface area (Å²) < 4.78 is 0. The highest BCUT2D eigenvalue weighted by molar-refractivity contribution is 7.80. The van der Waals surface area contributed by atoms with Crippen LogP contribution in [0.1, 0.15) is 51.7 Å². The zero-order valence-corrected chi connectivity index (χ0v) is 13.0. The highest BCUT2D eigenvalue weighted by Gasteiger charge is 2.11. The maximum Gasteiger partial charge on any atom is 0.171 e. The number of hydrogen-bond acceptors (Lipinski definition) is 1. The molecule has 2 N–H and O–H groups in total. The fraction of sp³-hybridized carbons (Fsp3) is 0.533. The van der Waals surface area contributed by atoms with Gasteiger partial charge in [0.05, 0.1) is 0 Å². The summed E-state index contributed by atoms with van der Waals surface area (Å²) in [5, 5.41) is 7.18. The number of aryl methyl sites for hydroxylation is 1. The van der Waals surface area contributed by atoms with Crippen LogP contribution in [-0.2, 0) is 0 Å². The Morgan fingerprint density at radius 3 is 2.28 bits per heavy atom. The van der Waals surface area contributed by atoms with Crippen LogP contribution in [0.2, 0.25) is 0 Å². The SMILES string of the molecule is Cc1cc(C(C)C)ccc1NC(=S)NC(C)(C)C. The first-order chi connectivity index (χ1) is 8.19. The van der Waals surface area contributed by atoms with Crippen LogP contribution in [0.15, 0.2) is 18.2 Å². The van der Waals surface area contributed by atoms with Crippen molar-refractivity contribution in [2.45, 2.75) is 53.0 Å². The van der Waals surface area contributed by atoms with Crippen LogP contribution in [0, 0.1) is 6.92 Å². The smallest absolute Gasteiger partial charge is 0.171 e. The third-order valence-corrected chi connectivity index (χ3v) is 2.86. The Morgan fingerprint density at radius 2 is 1.83 bits per heavy atom. The molecule has 0 bridgehead atoms. The van der Waals surface area contributed by atoms with E-state index in [2.05, 4.69) is 70.4 Å². The van der Waals surface area contributed by atoms with Crippen LogP contribution in [0.3, 0.4) is 0 Å². The molecule has 0 heterocycles. The molecule has 0 fully saturated rings. The van der Waals surface area contributed by atoms with Crippen molar-refractivity contribution in [3.05, 3.63) is 29.3 Å². The van der Waals surface area contributed by atoms with Gasteiger partial charge in [-0.15, -0.1) is 0 Å². The molecule has 0 saturated carbocycles. The lowest BCUT2D eigenvalue weighted by molar-refractivity contribution is 0.515. The van der Waals surface area contributed by atoms with Crippen LogP contribution in [0.5, 0.6) is 0 Å². The standard InChI is InChI=1S/C15H24N2S/c1-10(2)12-7-8-13(11(3)9-12)16-14(18)17-15(4,5)6/h7-10H,1-6H3,(H2,16,17,18). The van der Waals surface area contributed by atoms with Gasteiger partial charge in [-0.3, -0.25) is 0 Å². The van der Waals surface area contributed by atoms with Gasteiger partial charge in [-0.2, -0.15) is 0 Å². The van der Waals surface area contributed by atoms with Crippen molar-refractivity contribution in [2.24, 2.45) is 0 Å². The van der Waals surface area contributed by atoms with Crippen molar-refractivity contribution in [1.29, 1.82) is 0 Å². The molecule has 0 saturated heterocycles. The molecule has 0 radical (unpaired) electrons. The molecule has 18 heavy (non-hydrogen) atoms. The van der Waals surface area contributed by atoms with Crippen LogP contribution in [0.4, 0.5) is 5.69 Å². The molecule has 0 aliphatic heterocycles. The number of thiocarbonyl (C=S) groups is 1. The number of nitrogens with one attached hydrogen (secondary N) is 2. The van der Waals surface area contributed by atoms with Crippen molar-refractivity contribution in [1.82, 2.24) is 5.32 Å². The molecule has 0 aliphatic carbocycles. The Kier molecular flexibility index (Phi) is 4.74. The molecule has 1 rings (SSSR count). The molecular formula is C15H24N2S. The second-order valence-electron chi connectivity index (χ2n) is 6.06. The predicted molar refractivity (Wildman–Crippen MR) is 84.4 cm³/mol. The first-order valence-electron chi connectivity index (χ1n) is 6.39. The lowest BCUT2D eigenvalue weighted by atomic mass is 10.0. The van der Waals surface area contributed by atoms with Crippen molar-refractivity contribution in [2.75, 3.05) is 5.32 Å². The molecular weight excluding hydrogens is 240 g/mol. The van der Waals surface area contributed by atoms with Gasteiger partial charge in [-0.1, -0.05) is 26.0 Å². The molecule has 1 aromatic rings. The van der Waals surface area contributed by atoms with Crippen molar-refractivity contribution in [3.8, 4) is 0 Å². The Labute approximate surface area is 116 Å². The topological polar surface area (TPSA) is 24.1 Å². The van der Waals surface area contributed by atoms with E-state index in [1.807, 2.05) is 0 Å². The van der Waals surface area contributed by atoms with Crippen LogP contribution in [0.25, 0.3) is 0 Å². The number of rotatable bonds is 2. The summed E-state index contributed by atoms with van der Waals surface area (Å²) in [5.41, 5.74) is 3.63. The van der Waals surface area contributed by atoms with Gasteiger partial charge < -0.3 is 10.6 Å². The number of anilines is 1. The summed E-state index contributed by atoms with van der Waals surface area (Å²) in [6, 6.07) is 6.47. The van der Waals surface area contributed by atoms with E-state index >= 15 is 0 Å². The average molecular weight is 264 g/mol. The third-order valence-electron chi connectivity index (χ3n) is 2.65. The van der Waals surface area contributed by atoms with Gasteiger partial charge in [-0.25, -0.2) is 0 Å². The van der Waals surface area contributed by atoms with Gasteiger partial charge in [0.15, 0.2) is 5.11 Å². The van der Waals surface area contributed by atoms with Gasteiger partial charge in [0.2, 0.25) is 0 Å². The molecule has 3 heteroatoms. The van der Waals surface area contributed by atoms with Crippen LogP contribution in [-0.4, -0.2) is 10.7 Å². The Balaban J connectivity index is 2.77. The number of benzene rings is 1. The minimum Gasteiger partial charge on any atom is -0.358 e. The monoisotopic (exact) mass is 264 g/mol. The van der Waals surface area contributed by atoms with E-state index in [1.54, 1.807) is 0 Å². The quantitative estimate of drug-likeness (QED) is 0.783. The lowest BCUT2D eigenvalue weighted by Crippen LogP contribution is -2.43. The molecule has 100 valence electrons. The summed E-state index contributed by atoms with van der Waals surface area (Å²) in [6.07, 6.45) is 0. The van der Waals surface area contributed by atoms with E-state index in [1.165, 1.54) is 11.1 Å². The minimum atomic E-state index is -0.0180. The second-order valence-corrected chi connectivity index (χ2v) is 6.47. The van der Waals surface area contributed by atoms with E-state index in [9.17, 15) is 0 Å². The molecule has 0 spiro atoms. The van der Waals surface area contributed by atoms with Gasteiger partial charge in [0.25, 0.3) is 0 Å². The van der Waals surface area contributed by atoms with Crippen LogP contribution < -0.4 is 10.6 Å². The van der Waals surface area contributed by atoms with Crippen molar-refractivity contribution >= 4 is 23.0 Å². The fourth-order valence-electron chi connectivity index (χ4n) is 1.68. The predicted octanol–water partition coefficient (Wildman–Crippen LogP) is 4.20.